The molecule has 0 aromatic carbocycles. The second-order valence-electron chi connectivity index (χ2n) is 5.88. The summed E-state index contributed by atoms with van der Waals surface area (Å²) in [6, 6.07) is 0. The first-order chi connectivity index (χ1) is 10.0. The van der Waals surface area contributed by atoms with E-state index < -0.39 is 19.2 Å². The van der Waals surface area contributed by atoms with Crippen molar-refractivity contribution in [3.05, 3.63) is 23.3 Å². The quantitative estimate of drug-likeness (QED) is 0.284. The van der Waals surface area contributed by atoms with Crippen LogP contribution in [0.2, 0.25) is 0 Å². The van der Waals surface area contributed by atoms with Crippen molar-refractivity contribution in [2.24, 2.45) is 0 Å². The Morgan fingerprint density at radius 3 is 1.95 bits per heavy atom. The van der Waals surface area contributed by atoms with E-state index in [1.807, 2.05) is 34.6 Å². The predicted molar refractivity (Wildman–Crippen MR) is 89.1 cm³/mol. The van der Waals surface area contributed by atoms with Gasteiger partial charge in [-0.15, -0.1) is 0 Å². The molecule has 0 fully saturated rings. The minimum Gasteiger partial charge on any atom is -0.457 e. The van der Waals surface area contributed by atoms with E-state index in [2.05, 4.69) is 0 Å². The van der Waals surface area contributed by atoms with Crippen LogP contribution in [-0.2, 0) is 23.1 Å². The minimum absolute atomic E-state index is 0.181. The zero-order chi connectivity index (χ0) is 17.4. The van der Waals surface area contributed by atoms with Crippen molar-refractivity contribution in [1.82, 2.24) is 0 Å². The first kappa shape index (κ1) is 21.1. The van der Waals surface area contributed by atoms with Crippen LogP contribution in [0.5, 0.6) is 0 Å². The molecule has 0 saturated heterocycles. The molecule has 0 spiro atoms. The fraction of sp³-hybridized carbons (Fsp3) is 0.688. The number of carbonyl (C=O) groups excluding carboxylic acids is 1. The fourth-order valence-electron chi connectivity index (χ4n) is 1.57. The first-order valence-electron chi connectivity index (χ1n) is 7.49. The lowest BCUT2D eigenvalue weighted by molar-refractivity contribution is -0.148. The molecule has 0 aliphatic carbocycles. The molecule has 22 heavy (non-hydrogen) atoms. The molecule has 0 aliphatic heterocycles. The summed E-state index contributed by atoms with van der Waals surface area (Å²) in [6.07, 6.45) is 3.38. The summed E-state index contributed by atoms with van der Waals surface area (Å²) >= 11 is 0. The van der Waals surface area contributed by atoms with Gasteiger partial charge < -0.3 is 13.8 Å². The number of hydrogen-bond donors (Lipinski definition) is 0. The number of esters is 1. The smallest absolute Gasteiger partial charge is 0.334 e. The SMILES string of the molecule is CCOP(=O)(C/C=C(C)/C(C)=C/C(=O)OC(C)(C)C)OCC. The average Bonchev–Trinajstić information content (AvgIpc) is 2.34. The Balaban J connectivity index is 4.89. The van der Waals surface area contributed by atoms with Gasteiger partial charge in [-0.05, 0) is 54.0 Å². The van der Waals surface area contributed by atoms with Crippen LogP contribution in [0, 0.1) is 0 Å². The molecule has 0 N–H and O–H groups in total. The highest BCUT2D eigenvalue weighted by Gasteiger charge is 2.21. The Labute approximate surface area is 134 Å². The molecule has 0 aliphatic rings. The van der Waals surface area contributed by atoms with Crippen LogP contribution in [-0.4, -0.2) is 30.9 Å². The average molecular weight is 332 g/mol. The fourth-order valence-corrected chi connectivity index (χ4v) is 3.14. The maximum Gasteiger partial charge on any atom is 0.334 e. The molecule has 0 amide bonds. The van der Waals surface area contributed by atoms with E-state index in [4.69, 9.17) is 13.8 Å². The van der Waals surface area contributed by atoms with E-state index >= 15 is 0 Å². The van der Waals surface area contributed by atoms with E-state index in [0.717, 1.165) is 11.1 Å². The van der Waals surface area contributed by atoms with Crippen molar-refractivity contribution in [2.75, 3.05) is 19.4 Å². The monoisotopic (exact) mass is 332 g/mol. The molecule has 5 nitrogen and oxygen atoms in total. The van der Waals surface area contributed by atoms with Crippen LogP contribution in [0.15, 0.2) is 23.3 Å². The molecule has 6 heteroatoms. The molecular weight excluding hydrogens is 303 g/mol. The number of allylic oxidation sites excluding steroid dienone is 3. The minimum atomic E-state index is -3.10. The molecule has 0 heterocycles. The Morgan fingerprint density at radius 2 is 1.55 bits per heavy atom. The van der Waals surface area contributed by atoms with Gasteiger partial charge in [-0.25, -0.2) is 4.79 Å². The third-order valence-electron chi connectivity index (χ3n) is 2.64. The molecular formula is C16H29O5P. The molecule has 0 bridgehead atoms. The van der Waals surface area contributed by atoms with E-state index in [9.17, 15) is 9.36 Å². The molecule has 0 aromatic heterocycles. The topological polar surface area (TPSA) is 61.8 Å². The zero-order valence-corrected chi connectivity index (χ0v) is 15.7. The van der Waals surface area contributed by atoms with Crippen LogP contribution < -0.4 is 0 Å². The highest BCUT2D eigenvalue weighted by atomic mass is 31.2. The predicted octanol–water partition coefficient (Wildman–Crippen LogP) is 4.49. The summed E-state index contributed by atoms with van der Waals surface area (Å²) in [7, 11) is -3.10. The largest absolute Gasteiger partial charge is 0.457 e. The summed E-state index contributed by atoms with van der Waals surface area (Å²) in [5, 5.41) is 0. The van der Waals surface area contributed by atoms with E-state index in [-0.39, 0.29) is 6.16 Å². The van der Waals surface area contributed by atoms with Gasteiger partial charge in [0.1, 0.15) is 5.60 Å². The second kappa shape index (κ2) is 9.29. The van der Waals surface area contributed by atoms with Gasteiger partial charge in [-0.1, -0.05) is 11.6 Å². The van der Waals surface area contributed by atoms with Crippen molar-refractivity contribution >= 4 is 13.6 Å². The van der Waals surface area contributed by atoms with Crippen molar-refractivity contribution in [2.45, 2.75) is 54.1 Å². The first-order valence-corrected chi connectivity index (χ1v) is 9.22. The van der Waals surface area contributed by atoms with Gasteiger partial charge in [0.05, 0.1) is 19.4 Å². The summed E-state index contributed by atoms with van der Waals surface area (Å²) < 4.78 is 28.0. The lowest BCUT2D eigenvalue weighted by Gasteiger charge is -2.18. The van der Waals surface area contributed by atoms with Crippen molar-refractivity contribution in [3.8, 4) is 0 Å². The van der Waals surface area contributed by atoms with Crippen LogP contribution in [0.3, 0.4) is 0 Å². The van der Waals surface area contributed by atoms with Crippen LogP contribution in [0.4, 0.5) is 0 Å². The van der Waals surface area contributed by atoms with E-state index in [0.29, 0.717) is 13.2 Å². The third kappa shape index (κ3) is 9.19. The number of ether oxygens (including phenoxy) is 1. The molecule has 0 rings (SSSR count). The van der Waals surface area contributed by atoms with Gasteiger partial charge >= 0.3 is 13.6 Å². The maximum absolute atomic E-state index is 12.3. The summed E-state index contributed by atoms with van der Waals surface area (Å²) in [4.78, 5) is 11.7. The van der Waals surface area contributed by atoms with Gasteiger partial charge in [0.2, 0.25) is 0 Å². The third-order valence-corrected chi connectivity index (χ3v) is 4.57. The van der Waals surface area contributed by atoms with Gasteiger partial charge in [-0.3, -0.25) is 4.57 Å². The van der Waals surface area contributed by atoms with Crippen molar-refractivity contribution in [3.63, 3.8) is 0 Å². The van der Waals surface area contributed by atoms with E-state index in [1.165, 1.54) is 6.08 Å². The zero-order valence-electron chi connectivity index (χ0n) is 14.8. The van der Waals surface area contributed by atoms with Crippen molar-refractivity contribution in [1.29, 1.82) is 0 Å². The summed E-state index contributed by atoms with van der Waals surface area (Å²) in [6.45, 7) is 13.3. The molecule has 0 radical (unpaired) electrons. The maximum atomic E-state index is 12.3. The molecule has 0 atom stereocenters. The summed E-state index contributed by atoms with van der Waals surface area (Å²) in [5.41, 5.74) is 1.07. The highest BCUT2D eigenvalue weighted by molar-refractivity contribution is 7.54. The molecule has 0 aromatic rings. The van der Waals surface area contributed by atoms with Crippen LogP contribution >= 0.6 is 7.60 Å². The molecule has 0 saturated carbocycles. The van der Waals surface area contributed by atoms with Gasteiger partial charge in [0, 0.05) is 6.08 Å². The molecule has 0 unspecified atom stereocenters. The van der Waals surface area contributed by atoms with Gasteiger partial charge in [0.15, 0.2) is 0 Å². The normalized spacial score (nSPS) is 14.1. The number of carbonyl (C=O) groups is 1. The number of rotatable bonds is 8. The number of hydrogen-bond acceptors (Lipinski definition) is 5. The van der Waals surface area contributed by atoms with E-state index in [1.54, 1.807) is 19.9 Å². The van der Waals surface area contributed by atoms with Gasteiger partial charge in [-0.2, -0.15) is 0 Å². The lowest BCUT2D eigenvalue weighted by atomic mass is 10.1. The highest BCUT2D eigenvalue weighted by Crippen LogP contribution is 2.48. The second-order valence-corrected chi connectivity index (χ2v) is 7.98. The Hall–Kier alpha value is -0.900. The van der Waals surface area contributed by atoms with Crippen LogP contribution in [0.1, 0.15) is 48.5 Å². The van der Waals surface area contributed by atoms with Crippen molar-refractivity contribution < 1.29 is 23.1 Å². The Morgan fingerprint density at radius 1 is 1.05 bits per heavy atom. The van der Waals surface area contributed by atoms with Crippen LogP contribution in [0.25, 0.3) is 0 Å². The summed E-state index contributed by atoms with van der Waals surface area (Å²) in [5.74, 6) is -0.393. The standard InChI is InChI=1S/C16H29O5P/c1-8-19-22(18,20-9-2)11-10-13(3)14(4)12-15(17)21-16(5,6)7/h10,12H,8-9,11H2,1-7H3/b13-10+,14-12+. The lowest BCUT2D eigenvalue weighted by Crippen LogP contribution is -2.22. The Kier molecular flexibility index (Phi) is 8.91. The Bertz CT molecular complexity index is 461. The van der Waals surface area contributed by atoms with Gasteiger partial charge in [0.25, 0.3) is 0 Å². The molecule has 128 valence electrons.